The van der Waals surface area contributed by atoms with Crippen molar-refractivity contribution in [3.8, 4) is 17.2 Å². The fourth-order valence-corrected chi connectivity index (χ4v) is 2.51. The molecule has 0 fully saturated rings. The van der Waals surface area contributed by atoms with Gasteiger partial charge >= 0.3 is 0 Å². The average molecular weight is 343 g/mol. The molecule has 0 radical (unpaired) electrons. The van der Waals surface area contributed by atoms with Crippen LogP contribution >= 0.6 is 0 Å². The van der Waals surface area contributed by atoms with Crippen molar-refractivity contribution >= 4 is 11.6 Å². The number of benzene rings is 2. The second-order valence-electron chi connectivity index (χ2n) is 6.02. The molecule has 0 aliphatic heterocycles. The number of rotatable bonds is 6. The summed E-state index contributed by atoms with van der Waals surface area (Å²) in [5.41, 5.74) is 3.81. The van der Waals surface area contributed by atoms with Crippen molar-refractivity contribution in [2.45, 2.75) is 33.8 Å². The second-order valence-corrected chi connectivity index (χ2v) is 6.02. The number of carbonyl (C=O) groups is 1. The molecule has 2 rings (SSSR count). The highest BCUT2D eigenvalue weighted by atomic mass is 16.5. The maximum absolute atomic E-state index is 12.5. The number of hydrogen-bond donors (Lipinski definition) is 1. The molecule has 0 saturated carbocycles. The van der Waals surface area contributed by atoms with Crippen LogP contribution in [-0.2, 0) is 4.79 Å². The van der Waals surface area contributed by atoms with E-state index in [-0.39, 0.29) is 5.91 Å². The quantitative estimate of drug-likeness (QED) is 0.860. The molecule has 25 heavy (non-hydrogen) atoms. The fourth-order valence-electron chi connectivity index (χ4n) is 2.51. The first-order valence-corrected chi connectivity index (χ1v) is 8.13. The lowest BCUT2D eigenvalue weighted by Crippen LogP contribution is -2.30. The number of methoxy groups -OCH3 is 2. The van der Waals surface area contributed by atoms with E-state index >= 15 is 0 Å². The number of aryl methyl sites for hydroxylation is 2. The maximum atomic E-state index is 12.5. The summed E-state index contributed by atoms with van der Waals surface area (Å²) < 4.78 is 16.4. The van der Waals surface area contributed by atoms with Crippen LogP contribution in [0, 0.1) is 20.8 Å². The van der Waals surface area contributed by atoms with Crippen LogP contribution < -0.4 is 19.5 Å². The van der Waals surface area contributed by atoms with E-state index in [0.717, 1.165) is 22.4 Å². The Morgan fingerprint density at radius 2 is 1.72 bits per heavy atom. The Morgan fingerprint density at radius 1 is 1.00 bits per heavy atom. The van der Waals surface area contributed by atoms with Gasteiger partial charge in [-0.25, -0.2) is 0 Å². The molecular formula is C20H25NO4. The third-order valence-corrected chi connectivity index (χ3v) is 4.10. The number of amides is 1. The van der Waals surface area contributed by atoms with Gasteiger partial charge in [-0.3, -0.25) is 4.79 Å². The van der Waals surface area contributed by atoms with E-state index in [1.165, 1.54) is 0 Å². The van der Waals surface area contributed by atoms with Crippen LogP contribution in [0.1, 0.15) is 23.6 Å². The molecule has 0 spiro atoms. The Labute approximate surface area is 148 Å². The van der Waals surface area contributed by atoms with E-state index in [9.17, 15) is 4.79 Å². The van der Waals surface area contributed by atoms with Crippen molar-refractivity contribution in [2.24, 2.45) is 0 Å². The molecule has 0 aliphatic carbocycles. The van der Waals surface area contributed by atoms with Gasteiger partial charge in [0.1, 0.15) is 17.2 Å². The topological polar surface area (TPSA) is 56.8 Å². The zero-order valence-corrected chi connectivity index (χ0v) is 15.6. The molecule has 1 atom stereocenters. The molecular weight excluding hydrogens is 318 g/mol. The maximum Gasteiger partial charge on any atom is 0.265 e. The summed E-state index contributed by atoms with van der Waals surface area (Å²) in [6, 6.07) is 9.26. The summed E-state index contributed by atoms with van der Waals surface area (Å²) in [5.74, 6) is 1.65. The molecule has 134 valence electrons. The van der Waals surface area contributed by atoms with Crippen molar-refractivity contribution < 1.29 is 19.0 Å². The van der Waals surface area contributed by atoms with Crippen LogP contribution in [0.3, 0.4) is 0 Å². The lowest BCUT2D eigenvalue weighted by atomic mass is 10.1. The van der Waals surface area contributed by atoms with E-state index in [0.29, 0.717) is 17.2 Å². The smallest absolute Gasteiger partial charge is 0.265 e. The van der Waals surface area contributed by atoms with Crippen molar-refractivity contribution in [3.63, 3.8) is 0 Å². The number of ether oxygens (including phenoxy) is 3. The number of nitrogens with one attached hydrogen (secondary N) is 1. The predicted molar refractivity (Wildman–Crippen MR) is 98.9 cm³/mol. The van der Waals surface area contributed by atoms with Crippen LogP contribution in [0.5, 0.6) is 17.2 Å². The van der Waals surface area contributed by atoms with Gasteiger partial charge in [-0.1, -0.05) is 6.07 Å². The highest BCUT2D eigenvalue weighted by molar-refractivity contribution is 5.95. The van der Waals surface area contributed by atoms with Gasteiger partial charge in [0.15, 0.2) is 6.10 Å². The summed E-state index contributed by atoms with van der Waals surface area (Å²) in [6.45, 7) is 7.74. The van der Waals surface area contributed by atoms with Gasteiger partial charge in [0.25, 0.3) is 5.91 Å². The zero-order chi connectivity index (χ0) is 18.6. The molecule has 2 aromatic rings. The molecule has 1 amide bonds. The van der Waals surface area contributed by atoms with Crippen molar-refractivity contribution in [3.05, 3.63) is 47.0 Å². The highest BCUT2D eigenvalue weighted by Crippen LogP contribution is 2.29. The minimum Gasteiger partial charge on any atom is -0.497 e. The Bertz CT molecular complexity index is 771. The lowest BCUT2D eigenvalue weighted by Gasteiger charge is -2.19. The van der Waals surface area contributed by atoms with Gasteiger partial charge in [-0.2, -0.15) is 0 Å². The van der Waals surface area contributed by atoms with Crippen molar-refractivity contribution in [2.75, 3.05) is 19.5 Å². The minimum absolute atomic E-state index is 0.259. The van der Waals surface area contributed by atoms with Crippen molar-refractivity contribution in [1.82, 2.24) is 0 Å². The predicted octanol–water partition coefficient (Wildman–Crippen LogP) is 4.04. The standard InChI is InChI=1S/C20H25NO4/c1-12-9-13(2)14(3)19(10-12)25-15(4)20(22)21-17-11-16(23-5)7-8-18(17)24-6/h7-11,15H,1-6H3,(H,21,22)/t15-/m1/s1. The molecule has 0 aromatic heterocycles. The summed E-state index contributed by atoms with van der Waals surface area (Å²) in [4.78, 5) is 12.5. The molecule has 5 heteroatoms. The van der Waals surface area contributed by atoms with Crippen LogP contribution in [0.4, 0.5) is 5.69 Å². The molecule has 0 saturated heterocycles. The van der Waals surface area contributed by atoms with Gasteiger partial charge in [0.05, 0.1) is 19.9 Å². The van der Waals surface area contributed by atoms with E-state index < -0.39 is 6.10 Å². The largest absolute Gasteiger partial charge is 0.497 e. The van der Waals surface area contributed by atoms with E-state index in [4.69, 9.17) is 14.2 Å². The van der Waals surface area contributed by atoms with Crippen molar-refractivity contribution in [1.29, 1.82) is 0 Å². The van der Waals surface area contributed by atoms with Crippen LogP contribution in [0.25, 0.3) is 0 Å². The first-order valence-electron chi connectivity index (χ1n) is 8.13. The summed E-state index contributed by atoms with van der Waals surface area (Å²) in [7, 11) is 3.12. The third kappa shape index (κ3) is 4.44. The summed E-state index contributed by atoms with van der Waals surface area (Å²) in [6.07, 6.45) is -0.657. The Hall–Kier alpha value is -2.69. The van der Waals surface area contributed by atoms with Gasteiger partial charge < -0.3 is 19.5 Å². The van der Waals surface area contributed by atoms with Crippen LogP contribution in [-0.4, -0.2) is 26.2 Å². The Kier molecular flexibility index (Phi) is 5.91. The van der Waals surface area contributed by atoms with Gasteiger partial charge in [0.2, 0.25) is 0 Å². The van der Waals surface area contributed by atoms with E-state index in [2.05, 4.69) is 11.4 Å². The first kappa shape index (κ1) is 18.6. The SMILES string of the molecule is COc1ccc(OC)c(NC(=O)[C@@H](C)Oc2cc(C)cc(C)c2C)c1. The molecule has 2 aromatic carbocycles. The van der Waals surface area contributed by atoms with Gasteiger partial charge in [0, 0.05) is 6.07 Å². The van der Waals surface area contributed by atoms with Gasteiger partial charge in [-0.15, -0.1) is 0 Å². The first-order chi connectivity index (χ1) is 11.8. The third-order valence-electron chi connectivity index (χ3n) is 4.10. The van der Waals surface area contributed by atoms with Gasteiger partial charge in [-0.05, 0) is 62.6 Å². The normalized spacial score (nSPS) is 11.6. The molecule has 1 N–H and O–H groups in total. The molecule has 0 bridgehead atoms. The average Bonchev–Trinajstić information content (AvgIpc) is 2.58. The summed E-state index contributed by atoms with van der Waals surface area (Å²) >= 11 is 0. The minimum atomic E-state index is -0.657. The fraction of sp³-hybridized carbons (Fsp3) is 0.350. The van der Waals surface area contributed by atoms with E-state index in [1.807, 2.05) is 26.8 Å². The van der Waals surface area contributed by atoms with E-state index in [1.54, 1.807) is 39.3 Å². The highest BCUT2D eigenvalue weighted by Gasteiger charge is 2.18. The molecule has 5 nitrogen and oxygen atoms in total. The molecule has 0 unspecified atom stereocenters. The molecule has 0 aliphatic rings. The Morgan fingerprint density at radius 3 is 2.36 bits per heavy atom. The zero-order valence-electron chi connectivity index (χ0n) is 15.6. The van der Waals surface area contributed by atoms with Crippen LogP contribution in [0.2, 0.25) is 0 Å². The Balaban J connectivity index is 2.16. The monoisotopic (exact) mass is 343 g/mol. The number of anilines is 1. The molecule has 0 heterocycles. The number of carbonyl (C=O) groups excluding carboxylic acids is 1. The second kappa shape index (κ2) is 7.92. The summed E-state index contributed by atoms with van der Waals surface area (Å²) in [5, 5.41) is 2.84. The lowest BCUT2D eigenvalue weighted by molar-refractivity contribution is -0.122. The number of hydrogen-bond acceptors (Lipinski definition) is 4. The van der Waals surface area contributed by atoms with Crippen LogP contribution in [0.15, 0.2) is 30.3 Å².